The van der Waals surface area contributed by atoms with Crippen LogP contribution in [0.3, 0.4) is 0 Å². The van der Waals surface area contributed by atoms with E-state index in [1.807, 2.05) is 18.3 Å². The maximum atomic E-state index is 13.1. The fraction of sp³-hybridized carbons (Fsp3) is 0.526. The van der Waals surface area contributed by atoms with Gasteiger partial charge in [-0.05, 0) is 37.9 Å². The highest BCUT2D eigenvalue weighted by Crippen LogP contribution is 2.18. The summed E-state index contributed by atoms with van der Waals surface area (Å²) in [5.74, 6) is 0.202. The molecule has 1 aromatic heterocycles. The molecule has 0 fully saturated rings. The van der Waals surface area contributed by atoms with Crippen LogP contribution < -0.4 is 0 Å². The second-order valence-electron chi connectivity index (χ2n) is 7.04. The van der Waals surface area contributed by atoms with Crippen molar-refractivity contribution in [3.05, 3.63) is 53.6 Å². The maximum absolute atomic E-state index is 13.1. The summed E-state index contributed by atoms with van der Waals surface area (Å²) in [6, 6.07) is 8.85. The zero-order valence-corrected chi connectivity index (χ0v) is 15.1. The third-order valence-corrected chi connectivity index (χ3v) is 4.49. The molecule has 136 valence electrons. The number of nitrogens with zero attached hydrogens (tertiary/aromatic N) is 4. The molecule has 0 spiro atoms. The molecule has 2 aromatic rings. The van der Waals surface area contributed by atoms with Gasteiger partial charge in [-0.2, -0.15) is 5.10 Å². The fourth-order valence-electron chi connectivity index (χ4n) is 3.19. The first-order valence-electron chi connectivity index (χ1n) is 8.80. The third kappa shape index (κ3) is 5.36. The van der Waals surface area contributed by atoms with Crippen LogP contribution in [0.4, 0.5) is 4.39 Å². The third-order valence-electron chi connectivity index (χ3n) is 4.49. The second kappa shape index (κ2) is 8.56. The number of halogens is 1. The minimum atomic E-state index is -0.190. The van der Waals surface area contributed by atoms with Gasteiger partial charge < -0.3 is 9.64 Å². The Kier molecular flexibility index (Phi) is 6.18. The topological polar surface area (TPSA) is 33.5 Å². The quantitative estimate of drug-likeness (QED) is 0.720. The Morgan fingerprint density at radius 3 is 2.76 bits per heavy atom. The van der Waals surface area contributed by atoms with Gasteiger partial charge in [-0.25, -0.2) is 4.39 Å². The highest BCUT2D eigenvalue weighted by atomic mass is 19.1. The Hall–Kier alpha value is -1.76. The monoisotopic (exact) mass is 346 g/mol. The lowest BCUT2D eigenvalue weighted by Gasteiger charge is -2.24. The van der Waals surface area contributed by atoms with Crippen molar-refractivity contribution in [2.24, 2.45) is 5.92 Å². The van der Waals surface area contributed by atoms with E-state index in [0.717, 1.165) is 51.5 Å². The van der Waals surface area contributed by atoms with Crippen molar-refractivity contribution in [3.63, 3.8) is 0 Å². The molecule has 1 aromatic carbocycles. The van der Waals surface area contributed by atoms with Crippen molar-refractivity contribution in [3.8, 4) is 0 Å². The van der Waals surface area contributed by atoms with Gasteiger partial charge in [-0.1, -0.05) is 12.1 Å². The molecule has 0 saturated heterocycles. The minimum absolute atomic E-state index is 0.190. The van der Waals surface area contributed by atoms with E-state index in [1.165, 1.54) is 17.8 Å². The number of hydrogen-bond acceptors (Lipinski definition) is 4. The predicted octanol–water partition coefficient (Wildman–Crippen LogP) is 2.23. The molecule has 1 aliphatic rings. The van der Waals surface area contributed by atoms with Gasteiger partial charge in [-0.15, -0.1) is 0 Å². The van der Waals surface area contributed by atoms with Gasteiger partial charge in [0.15, 0.2) is 0 Å². The molecule has 0 bridgehead atoms. The van der Waals surface area contributed by atoms with Crippen molar-refractivity contribution < 1.29 is 9.13 Å². The first-order chi connectivity index (χ1) is 12.1. The van der Waals surface area contributed by atoms with E-state index in [4.69, 9.17) is 4.74 Å². The number of benzene rings is 1. The number of hydrogen-bond donors (Lipinski definition) is 0. The summed E-state index contributed by atoms with van der Waals surface area (Å²) in [7, 11) is 4.10. The Labute approximate surface area is 149 Å². The maximum Gasteiger partial charge on any atom is 0.123 e. The molecular weight excluding hydrogens is 319 g/mol. The minimum Gasteiger partial charge on any atom is -0.380 e. The van der Waals surface area contributed by atoms with Gasteiger partial charge in [0.2, 0.25) is 0 Å². The van der Waals surface area contributed by atoms with Crippen molar-refractivity contribution in [1.82, 2.24) is 19.6 Å². The van der Waals surface area contributed by atoms with Crippen LogP contribution >= 0.6 is 0 Å². The first kappa shape index (κ1) is 18.0. The van der Waals surface area contributed by atoms with Crippen molar-refractivity contribution in [2.75, 3.05) is 40.4 Å². The van der Waals surface area contributed by atoms with Gasteiger partial charge in [0.25, 0.3) is 0 Å². The van der Waals surface area contributed by atoms with E-state index in [1.54, 1.807) is 0 Å². The molecule has 1 aliphatic heterocycles. The second-order valence-corrected chi connectivity index (χ2v) is 7.04. The zero-order valence-electron chi connectivity index (χ0n) is 15.1. The van der Waals surface area contributed by atoms with Crippen LogP contribution in [0.25, 0.3) is 0 Å². The van der Waals surface area contributed by atoms with Crippen LogP contribution in [0, 0.1) is 11.7 Å². The lowest BCUT2D eigenvalue weighted by molar-refractivity contribution is 0.0673. The van der Waals surface area contributed by atoms with Gasteiger partial charge >= 0.3 is 0 Å². The lowest BCUT2D eigenvalue weighted by Crippen LogP contribution is -2.30. The Morgan fingerprint density at radius 1 is 1.20 bits per heavy atom. The smallest absolute Gasteiger partial charge is 0.123 e. The largest absolute Gasteiger partial charge is 0.380 e. The molecule has 1 unspecified atom stereocenters. The van der Waals surface area contributed by atoms with E-state index < -0.39 is 0 Å². The standard InChI is InChI=1S/C19H27FN4O/c1-22(2)9-10-25-15-17-12-23(11-16-3-5-18(20)6-4-16)14-19-7-8-21-24(19)13-17/h3-8,17H,9-15H2,1-2H3. The summed E-state index contributed by atoms with van der Waals surface area (Å²) in [4.78, 5) is 4.52. The first-order valence-corrected chi connectivity index (χ1v) is 8.80. The fourth-order valence-corrected chi connectivity index (χ4v) is 3.19. The summed E-state index contributed by atoms with van der Waals surface area (Å²) >= 11 is 0. The normalized spacial score (nSPS) is 18.3. The van der Waals surface area contributed by atoms with Crippen LogP contribution in [0.2, 0.25) is 0 Å². The average Bonchev–Trinajstić information content (AvgIpc) is 2.93. The Morgan fingerprint density at radius 2 is 2.00 bits per heavy atom. The molecule has 6 heteroatoms. The highest BCUT2D eigenvalue weighted by molar-refractivity contribution is 5.16. The molecule has 0 radical (unpaired) electrons. The summed E-state index contributed by atoms with van der Waals surface area (Å²) < 4.78 is 21.1. The number of aromatic nitrogens is 2. The number of rotatable bonds is 7. The van der Waals surface area contributed by atoms with Crippen molar-refractivity contribution >= 4 is 0 Å². The molecule has 0 N–H and O–H groups in total. The van der Waals surface area contributed by atoms with Crippen LogP contribution in [-0.2, 0) is 24.4 Å². The molecule has 2 heterocycles. The van der Waals surface area contributed by atoms with E-state index in [2.05, 4.69) is 39.7 Å². The molecule has 5 nitrogen and oxygen atoms in total. The summed E-state index contributed by atoms with van der Waals surface area (Å²) in [5.41, 5.74) is 2.35. The van der Waals surface area contributed by atoms with Crippen LogP contribution in [-0.4, -0.2) is 60.0 Å². The lowest BCUT2D eigenvalue weighted by atomic mass is 10.1. The molecule has 3 rings (SSSR count). The van der Waals surface area contributed by atoms with E-state index in [0.29, 0.717) is 5.92 Å². The number of fused-ring (bicyclic) bond motifs is 1. The predicted molar refractivity (Wildman–Crippen MR) is 95.6 cm³/mol. The van der Waals surface area contributed by atoms with E-state index in [9.17, 15) is 4.39 Å². The summed E-state index contributed by atoms with van der Waals surface area (Å²) in [5, 5.41) is 4.45. The summed E-state index contributed by atoms with van der Waals surface area (Å²) in [6.45, 7) is 5.89. The summed E-state index contributed by atoms with van der Waals surface area (Å²) in [6.07, 6.45) is 1.86. The van der Waals surface area contributed by atoms with E-state index in [-0.39, 0.29) is 5.82 Å². The number of ether oxygens (including phenoxy) is 1. The van der Waals surface area contributed by atoms with Gasteiger partial charge in [0.05, 0.1) is 18.9 Å². The zero-order chi connectivity index (χ0) is 17.6. The van der Waals surface area contributed by atoms with Gasteiger partial charge in [-0.3, -0.25) is 9.58 Å². The molecule has 25 heavy (non-hydrogen) atoms. The van der Waals surface area contributed by atoms with Crippen molar-refractivity contribution in [1.29, 1.82) is 0 Å². The van der Waals surface area contributed by atoms with Crippen LogP contribution in [0.15, 0.2) is 36.5 Å². The Bertz CT molecular complexity index is 656. The van der Waals surface area contributed by atoms with E-state index >= 15 is 0 Å². The van der Waals surface area contributed by atoms with Gasteiger partial charge in [0.1, 0.15) is 5.82 Å². The molecular formula is C19H27FN4O. The van der Waals surface area contributed by atoms with Crippen LogP contribution in [0.1, 0.15) is 11.3 Å². The number of likely N-dealkylation sites (N-methyl/N-ethyl adjacent to an activating group) is 1. The molecule has 0 aliphatic carbocycles. The average molecular weight is 346 g/mol. The Balaban J connectivity index is 1.63. The molecule has 1 atom stereocenters. The van der Waals surface area contributed by atoms with Gasteiger partial charge in [0, 0.05) is 44.8 Å². The molecule has 0 saturated carbocycles. The van der Waals surface area contributed by atoms with Crippen molar-refractivity contribution in [2.45, 2.75) is 19.6 Å². The molecule has 0 amide bonds. The highest BCUT2D eigenvalue weighted by Gasteiger charge is 2.22. The van der Waals surface area contributed by atoms with Crippen LogP contribution in [0.5, 0.6) is 0 Å². The SMILES string of the molecule is CN(C)CCOCC1CN(Cc2ccc(F)cc2)Cc2ccnn2C1.